The van der Waals surface area contributed by atoms with Gasteiger partial charge in [-0.15, -0.1) is 0 Å². The maximum Gasteiger partial charge on any atom is 0.406 e. The monoisotopic (exact) mass is 438 g/mol. The Bertz CT molecular complexity index is 678. The number of benzene rings is 1. The van der Waals surface area contributed by atoms with Gasteiger partial charge in [0.15, 0.2) is 0 Å². The standard InChI is InChI=1S/C16H18F3IN2O/c17-16(18,19)10-22-14-2-1-11(7-12(14)8-15(22)20)9-21-13-3-5-23-6-4-13/h1-2,7-8,13,21H,3-6,9-10H2. The van der Waals surface area contributed by atoms with E-state index >= 15 is 0 Å². The van der Waals surface area contributed by atoms with Crippen LogP contribution in [-0.2, 0) is 17.8 Å². The molecule has 1 saturated heterocycles. The van der Waals surface area contributed by atoms with E-state index in [4.69, 9.17) is 4.74 Å². The third-order valence-corrected chi connectivity index (χ3v) is 4.96. The van der Waals surface area contributed by atoms with Gasteiger partial charge < -0.3 is 14.6 Å². The molecule has 1 aromatic carbocycles. The van der Waals surface area contributed by atoms with Crippen LogP contribution in [0.2, 0.25) is 0 Å². The lowest BCUT2D eigenvalue weighted by Gasteiger charge is -2.23. The summed E-state index contributed by atoms with van der Waals surface area (Å²) in [6, 6.07) is 7.91. The minimum absolute atomic E-state index is 0.453. The average molecular weight is 438 g/mol. The summed E-state index contributed by atoms with van der Waals surface area (Å²) in [5.41, 5.74) is 1.71. The summed E-state index contributed by atoms with van der Waals surface area (Å²) in [5, 5.41) is 4.35. The Kier molecular flexibility index (Phi) is 5.17. The predicted octanol–water partition coefficient (Wildman–Crippen LogP) is 4.08. The van der Waals surface area contributed by atoms with Crippen LogP contribution in [0.4, 0.5) is 13.2 Å². The first-order valence-electron chi connectivity index (χ1n) is 7.58. The van der Waals surface area contributed by atoms with Crippen LogP contribution in [0.15, 0.2) is 24.3 Å². The van der Waals surface area contributed by atoms with Crippen molar-refractivity contribution in [1.29, 1.82) is 0 Å². The average Bonchev–Trinajstić information content (AvgIpc) is 2.80. The fourth-order valence-electron chi connectivity index (χ4n) is 2.90. The number of fused-ring (bicyclic) bond motifs is 1. The van der Waals surface area contributed by atoms with Gasteiger partial charge in [0, 0.05) is 36.7 Å². The molecule has 0 atom stereocenters. The van der Waals surface area contributed by atoms with Crippen molar-refractivity contribution in [3.05, 3.63) is 33.5 Å². The molecule has 0 bridgehead atoms. The first-order chi connectivity index (χ1) is 10.9. The van der Waals surface area contributed by atoms with Gasteiger partial charge in [-0.25, -0.2) is 0 Å². The third kappa shape index (κ3) is 4.39. The molecule has 0 spiro atoms. The highest BCUT2D eigenvalue weighted by Gasteiger charge is 2.29. The fraction of sp³-hybridized carbons (Fsp3) is 0.500. The lowest BCUT2D eigenvalue weighted by Crippen LogP contribution is -2.34. The molecule has 0 radical (unpaired) electrons. The molecular formula is C16H18F3IN2O. The molecule has 1 fully saturated rings. The Morgan fingerprint density at radius 3 is 2.65 bits per heavy atom. The maximum atomic E-state index is 12.7. The van der Waals surface area contributed by atoms with Gasteiger partial charge in [0.2, 0.25) is 0 Å². The zero-order chi connectivity index (χ0) is 16.4. The van der Waals surface area contributed by atoms with Crippen LogP contribution in [0.1, 0.15) is 18.4 Å². The van der Waals surface area contributed by atoms with Crippen LogP contribution >= 0.6 is 22.6 Å². The molecule has 0 aliphatic carbocycles. The number of hydrogen-bond acceptors (Lipinski definition) is 2. The van der Waals surface area contributed by atoms with E-state index in [1.807, 2.05) is 34.7 Å². The molecule has 0 amide bonds. The van der Waals surface area contributed by atoms with Gasteiger partial charge in [0.25, 0.3) is 0 Å². The SMILES string of the molecule is FC(F)(F)Cn1c(I)cc2cc(CNC3CCOCC3)ccc21. The largest absolute Gasteiger partial charge is 0.406 e. The molecule has 0 unspecified atom stereocenters. The smallest absolute Gasteiger partial charge is 0.381 e. The predicted molar refractivity (Wildman–Crippen MR) is 91.4 cm³/mol. The number of halogens is 4. The van der Waals surface area contributed by atoms with E-state index in [1.165, 1.54) is 4.57 Å². The van der Waals surface area contributed by atoms with Crippen molar-refractivity contribution in [2.45, 2.75) is 38.1 Å². The van der Waals surface area contributed by atoms with Crippen LogP contribution in [0.3, 0.4) is 0 Å². The molecule has 126 valence electrons. The van der Waals surface area contributed by atoms with E-state index in [0.29, 0.717) is 15.3 Å². The molecule has 2 heterocycles. The van der Waals surface area contributed by atoms with E-state index in [0.717, 1.165) is 43.5 Å². The molecule has 1 aliphatic heterocycles. The minimum atomic E-state index is -4.21. The maximum absolute atomic E-state index is 12.7. The number of hydrogen-bond donors (Lipinski definition) is 1. The molecule has 1 aromatic heterocycles. The van der Waals surface area contributed by atoms with Crippen LogP contribution in [0.5, 0.6) is 0 Å². The zero-order valence-corrected chi connectivity index (χ0v) is 14.7. The van der Waals surface area contributed by atoms with Gasteiger partial charge >= 0.3 is 6.18 Å². The molecule has 1 aliphatic rings. The lowest BCUT2D eigenvalue weighted by molar-refractivity contribution is -0.140. The Hall–Kier alpha value is -0.800. The normalized spacial score (nSPS) is 17.0. The second kappa shape index (κ2) is 6.98. The Morgan fingerprint density at radius 2 is 1.96 bits per heavy atom. The molecule has 1 N–H and O–H groups in total. The van der Waals surface area contributed by atoms with Crippen molar-refractivity contribution < 1.29 is 17.9 Å². The van der Waals surface area contributed by atoms with Crippen LogP contribution in [0.25, 0.3) is 10.9 Å². The summed E-state index contributed by atoms with van der Waals surface area (Å²) in [7, 11) is 0. The third-order valence-electron chi connectivity index (χ3n) is 4.07. The topological polar surface area (TPSA) is 26.2 Å². The van der Waals surface area contributed by atoms with Crippen molar-refractivity contribution in [2.24, 2.45) is 0 Å². The number of nitrogens with zero attached hydrogens (tertiary/aromatic N) is 1. The Morgan fingerprint density at radius 1 is 1.22 bits per heavy atom. The summed E-state index contributed by atoms with van der Waals surface area (Å²) in [6.45, 7) is 1.35. The molecule has 3 nitrogen and oxygen atoms in total. The van der Waals surface area contributed by atoms with E-state index in [-0.39, 0.29) is 0 Å². The molecule has 23 heavy (non-hydrogen) atoms. The number of rotatable bonds is 4. The first kappa shape index (κ1) is 17.0. The van der Waals surface area contributed by atoms with Gasteiger partial charge in [-0.1, -0.05) is 6.07 Å². The second-order valence-corrected chi connectivity index (χ2v) is 6.93. The van der Waals surface area contributed by atoms with E-state index in [2.05, 4.69) is 5.32 Å². The van der Waals surface area contributed by atoms with Crippen LogP contribution in [-0.4, -0.2) is 30.0 Å². The van der Waals surface area contributed by atoms with Crippen molar-refractivity contribution in [1.82, 2.24) is 9.88 Å². The molecule has 7 heteroatoms. The van der Waals surface area contributed by atoms with Crippen LogP contribution < -0.4 is 5.32 Å². The summed E-state index contributed by atoms with van der Waals surface area (Å²) < 4.78 is 45.3. The number of alkyl halides is 3. The number of nitrogens with one attached hydrogen (secondary N) is 1. The Balaban J connectivity index is 1.74. The fourth-order valence-corrected chi connectivity index (χ4v) is 3.67. The van der Waals surface area contributed by atoms with E-state index in [1.54, 1.807) is 12.1 Å². The van der Waals surface area contributed by atoms with Gasteiger partial charge in [0.1, 0.15) is 6.54 Å². The highest BCUT2D eigenvalue weighted by atomic mass is 127. The summed E-state index contributed by atoms with van der Waals surface area (Å²) in [6.07, 6.45) is -2.21. The molecular weight excluding hydrogens is 420 g/mol. The zero-order valence-electron chi connectivity index (χ0n) is 12.5. The minimum Gasteiger partial charge on any atom is -0.381 e. The van der Waals surface area contributed by atoms with E-state index in [9.17, 15) is 13.2 Å². The highest BCUT2D eigenvalue weighted by Crippen LogP contribution is 2.27. The number of ether oxygens (including phenoxy) is 1. The number of aromatic nitrogens is 1. The van der Waals surface area contributed by atoms with Crippen molar-refractivity contribution in [2.75, 3.05) is 13.2 Å². The molecule has 0 saturated carbocycles. The Labute approximate surface area is 146 Å². The summed E-state index contributed by atoms with van der Waals surface area (Å²) in [4.78, 5) is 0. The lowest BCUT2D eigenvalue weighted by atomic mass is 10.1. The molecule has 2 aromatic rings. The second-order valence-electron chi connectivity index (χ2n) is 5.83. The summed E-state index contributed by atoms with van der Waals surface area (Å²) in [5.74, 6) is 0. The van der Waals surface area contributed by atoms with Crippen molar-refractivity contribution in [3.8, 4) is 0 Å². The van der Waals surface area contributed by atoms with Crippen molar-refractivity contribution in [3.63, 3.8) is 0 Å². The van der Waals surface area contributed by atoms with Gasteiger partial charge in [0.05, 0.1) is 3.70 Å². The highest BCUT2D eigenvalue weighted by molar-refractivity contribution is 14.1. The quantitative estimate of drug-likeness (QED) is 0.729. The van der Waals surface area contributed by atoms with Crippen LogP contribution in [0, 0.1) is 3.70 Å². The van der Waals surface area contributed by atoms with Crippen molar-refractivity contribution >= 4 is 33.5 Å². The molecule has 3 rings (SSSR count). The van der Waals surface area contributed by atoms with Gasteiger partial charge in [-0.2, -0.15) is 13.2 Å². The van der Waals surface area contributed by atoms with Gasteiger partial charge in [-0.3, -0.25) is 0 Å². The van der Waals surface area contributed by atoms with E-state index < -0.39 is 12.7 Å². The van der Waals surface area contributed by atoms with Gasteiger partial charge in [-0.05, 0) is 59.2 Å². The summed E-state index contributed by atoms with van der Waals surface area (Å²) >= 11 is 1.96. The first-order valence-corrected chi connectivity index (χ1v) is 8.66.